The number of hydrogen-bond acceptors (Lipinski definition) is 5. The molecule has 7 nitrogen and oxygen atoms in total. The maximum atomic E-state index is 12.6. The first-order chi connectivity index (χ1) is 12.3. The van der Waals surface area contributed by atoms with Crippen molar-refractivity contribution < 1.29 is 14.4 Å². The van der Waals surface area contributed by atoms with E-state index in [0.29, 0.717) is 19.3 Å². The van der Waals surface area contributed by atoms with Gasteiger partial charge in [-0.1, -0.05) is 27.4 Å². The smallest absolute Gasteiger partial charge is 0.243 e. The third-order valence-corrected chi connectivity index (χ3v) is 4.52. The van der Waals surface area contributed by atoms with E-state index < -0.39 is 18.1 Å². The standard InChI is InChI=1S/C18H34N4O3S/c1-7-13(16(23)19-5)21-18(25)15(11-12(3)4)22-17(24)14(20-8-2)9-10-26-6/h8,12-15,20H,2,7,9-11H2,1,3-6H3,(H,19,23)(H,21,25)(H,22,24). The number of rotatable bonds is 13. The van der Waals surface area contributed by atoms with Crippen LogP contribution in [0.3, 0.4) is 0 Å². The first-order valence-corrected chi connectivity index (χ1v) is 10.4. The van der Waals surface area contributed by atoms with E-state index in [9.17, 15) is 14.4 Å². The number of nitrogens with one attached hydrogen (secondary N) is 4. The average Bonchev–Trinajstić information content (AvgIpc) is 2.61. The van der Waals surface area contributed by atoms with Crippen LogP contribution in [0.15, 0.2) is 12.8 Å². The van der Waals surface area contributed by atoms with Crippen LogP contribution in [0.4, 0.5) is 0 Å². The van der Waals surface area contributed by atoms with E-state index in [1.54, 1.807) is 11.8 Å². The van der Waals surface area contributed by atoms with Crippen LogP contribution in [0.2, 0.25) is 0 Å². The molecule has 0 spiro atoms. The summed E-state index contributed by atoms with van der Waals surface area (Å²) in [5, 5.41) is 11.0. The highest BCUT2D eigenvalue weighted by atomic mass is 32.2. The van der Waals surface area contributed by atoms with E-state index in [-0.39, 0.29) is 23.6 Å². The molecule has 3 unspecified atom stereocenters. The largest absolute Gasteiger partial charge is 0.380 e. The second-order valence-corrected chi connectivity index (χ2v) is 7.46. The lowest BCUT2D eigenvalue weighted by Crippen LogP contribution is -2.56. The molecule has 0 fully saturated rings. The lowest BCUT2D eigenvalue weighted by Gasteiger charge is -2.25. The molecule has 4 N–H and O–H groups in total. The molecule has 150 valence electrons. The molecule has 0 aliphatic rings. The van der Waals surface area contributed by atoms with Gasteiger partial charge in [-0.25, -0.2) is 0 Å². The van der Waals surface area contributed by atoms with E-state index in [0.717, 1.165) is 5.75 Å². The molecule has 8 heteroatoms. The lowest BCUT2D eigenvalue weighted by atomic mass is 10.0. The van der Waals surface area contributed by atoms with Crippen molar-refractivity contribution in [1.82, 2.24) is 21.3 Å². The summed E-state index contributed by atoms with van der Waals surface area (Å²) in [6.45, 7) is 9.40. The van der Waals surface area contributed by atoms with Crippen LogP contribution in [-0.4, -0.2) is 54.9 Å². The van der Waals surface area contributed by atoms with E-state index in [4.69, 9.17) is 0 Å². The Labute approximate surface area is 161 Å². The Bertz CT molecular complexity index is 471. The zero-order valence-corrected chi connectivity index (χ0v) is 17.4. The Morgan fingerprint density at radius 3 is 2.08 bits per heavy atom. The summed E-state index contributed by atoms with van der Waals surface area (Å²) in [5.41, 5.74) is 0. The van der Waals surface area contributed by atoms with Gasteiger partial charge in [0.05, 0.1) is 0 Å². The van der Waals surface area contributed by atoms with Crippen molar-refractivity contribution in [3.63, 3.8) is 0 Å². The van der Waals surface area contributed by atoms with Gasteiger partial charge in [0, 0.05) is 7.05 Å². The van der Waals surface area contributed by atoms with Crippen LogP contribution < -0.4 is 21.3 Å². The molecule has 3 atom stereocenters. The number of amides is 3. The maximum Gasteiger partial charge on any atom is 0.243 e. The number of likely N-dealkylation sites (N-methyl/N-ethyl adjacent to an activating group) is 1. The maximum absolute atomic E-state index is 12.6. The quantitative estimate of drug-likeness (QED) is 0.379. The summed E-state index contributed by atoms with van der Waals surface area (Å²) in [6.07, 6.45) is 5.06. The summed E-state index contributed by atoms with van der Waals surface area (Å²) < 4.78 is 0. The van der Waals surface area contributed by atoms with E-state index in [1.807, 2.05) is 27.0 Å². The van der Waals surface area contributed by atoms with Gasteiger partial charge in [0.2, 0.25) is 17.7 Å². The van der Waals surface area contributed by atoms with Gasteiger partial charge in [-0.2, -0.15) is 11.8 Å². The number of carbonyl (C=O) groups excluding carboxylic acids is 3. The minimum Gasteiger partial charge on any atom is -0.380 e. The predicted octanol–water partition coefficient (Wildman–Crippen LogP) is 1.01. The van der Waals surface area contributed by atoms with E-state index in [2.05, 4.69) is 27.8 Å². The van der Waals surface area contributed by atoms with Gasteiger partial charge in [0.15, 0.2) is 0 Å². The summed E-state index contributed by atoms with van der Waals surface area (Å²) in [6, 6.07) is -1.74. The van der Waals surface area contributed by atoms with Crippen molar-refractivity contribution in [2.45, 2.75) is 58.2 Å². The first-order valence-electron chi connectivity index (χ1n) is 8.98. The predicted molar refractivity (Wildman–Crippen MR) is 108 cm³/mol. The van der Waals surface area contributed by atoms with Gasteiger partial charge in [-0.3, -0.25) is 14.4 Å². The molecule has 0 aromatic rings. The third-order valence-electron chi connectivity index (χ3n) is 3.87. The highest BCUT2D eigenvalue weighted by Crippen LogP contribution is 2.08. The fourth-order valence-electron chi connectivity index (χ4n) is 2.44. The molecule has 0 aromatic carbocycles. The van der Waals surface area contributed by atoms with Crippen molar-refractivity contribution in [1.29, 1.82) is 0 Å². The topological polar surface area (TPSA) is 99.3 Å². The molecule has 0 heterocycles. The Hall–Kier alpha value is -1.70. The first kappa shape index (κ1) is 24.3. The summed E-state index contributed by atoms with van der Waals surface area (Å²) in [5.74, 6) is 0.191. The molecule has 0 aliphatic heterocycles. The van der Waals surface area contributed by atoms with Crippen LogP contribution >= 0.6 is 11.8 Å². The van der Waals surface area contributed by atoms with Gasteiger partial charge in [-0.15, -0.1) is 0 Å². The molecule has 0 radical (unpaired) electrons. The Morgan fingerprint density at radius 1 is 1.04 bits per heavy atom. The van der Waals surface area contributed by atoms with Crippen LogP contribution in [0, 0.1) is 5.92 Å². The van der Waals surface area contributed by atoms with E-state index in [1.165, 1.54) is 13.2 Å². The Morgan fingerprint density at radius 2 is 1.62 bits per heavy atom. The Kier molecular flexibility index (Phi) is 12.6. The SMILES string of the molecule is C=CNC(CCSC)C(=O)NC(CC(C)C)C(=O)NC(CC)C(=O)NC. The molecule has 0 bridgehead atoms. The summed E-state index contributed by atoms with van der Waals surface area (Å²) in [4.78, 5) is 37.1. The van der Waals surface area contributed by atoms with E-state index >= 15 is 0 Å². The normalized spacial score (nSPS) is 14.1. The van der Waals surface area contributed by atoms with Gasteiger partial charge >= 0.3 is 0 Å². The van der Waals surface area contributed by atoms with Crippen LogP contribution in [0.1, 0.15) is 40.0 Å². The van der Waals surface area contributed by atoms with Gasteiger partial charge in [0.25, 0.3) is 0 Å². The summed E-state index contributed by atoms with van der Waals surface area (Å²) in [7, 11) is 1.53. The fraction of sp³-hybridized carbons (Fsp3) is 0.722. The minimum absolute atomic E-state index is 0.211. The molecule has 0 aliphatic carbocycles. The monoisotopic (exact) mass is 386 g/mol. The molecule has 0 saturated carbocycles. The molecule has 3 amide bonds. The zero-order chi connectivity index (χ0) is 20.1. The van der Waals surface area contributed by atoms with Crippen LogP contribution in [0.25, 0.3) is 0 Å². The number of thioether (sulfide) groups is 1. The van der Waals surface area contributed by atoms with Crippen molar-refractivity contribution in [3.05, 3.63) is 12.8 Å². The summed E-state index contributed by atoms with van der Waals surface area (Å²) >= 11 is 1.65. The third kappa shape index (κ3) is 9.12. The molecule has 26 heavy (non-hydrogen) atoms. The molecule has 0 saturated heterocycles. The van der Waals surface area contributed by atoms with Crippen molar-refractivity contribution in [3.8, 4) is 0 Å². The molecule has 0 rings (SSSR count). The van der Waals surface area contributed by atoms with Crippen molar-refractivity contribution in [2.75, 3.05) is 19.1 Å². The molecular formula is C18H34N4O3S. The van der Waals surface area contributed by atoms with Crippen LogP contribution in [0.5, 0.6) is 0 Å². The van der Waals surface area contributed by atoms with Gasteiger partial charge in [-0.05, 0) is 43.4 Å². The highest BCUT2D eigenvalue weighted by molar-refractivity contribution is 7.98. The average molecular weight is 387 g/mol. The Balaban J connectivity index is 5.10. The molecular weight excluding hydrogens is 352 g/mol. The van der Waals surface area contributed by atoms with Gasteiger partial charge < -0.3 is 21.3 Å². The minimum atomic E-state index is -0.690. The second-order valence-electron chi connectivity index (χ2n) is 6.48. The lowest BCUT2D eigenvalue weighted by molar-refractivity contribution is -0.132. The zero-order valence-electron chi connectivity index (χ0n) is 16.6. The molecule has 0 aromatic heterocycles. The van der Waals surface area contributed by atoms with Crippen molar-refractivity contribution in [2.24, 2.45) is 5.92 Å². The second kappa shape index (κ2) is 13.5. The van der Waals surface area contributed by atoms with Gasteiger partial charge in [0.1, 0.15) is 18.1 Å². The van der Waals surface area contributed by atoms with Crippen molar-refractivity contribution >= 4 is 29.5 Å². The fourth-order valence-corrected chi connectivity index (χ4v) is 2.91. The number of carbonyl (C=O) groups is 3. The number of hydrogen-bond donors (Lipinski definition) is 4. The highest BCUT2D eigenvalue weighted by Gasteiger charge is 2.28. The van der Waals surface area contributed by atoms with Crippen LogP contribution in [-0.2, 0) is 14.4 Å².